The lowest BCUT2D eigenvalue weighted by Gasteiger charge is -2.36. The van der Waals surface area contributed by atoms with Gasteiger partial charge >= 0.3 is 6.03 Å². The number of likely N-dealkylation sites (N-methyl/N-ethyl adjacent to an activating group) is 2. The van der Waals surface area contributed by atoms with Crippen LogP contribution >= 0.6 is 0 Å². The first-order valence-corrected chi connectivity index (χ1v) is 29.3. The van der Waals surface area contributed by atoms with Crippen molar-refractivity contribution in [1.82, 2.24) is 52.3 Å². The molecule has 4 fully saturated rings. The van der Waals surface area contributed by atoms with Crippen molar-refractivity contribution in [3.8, 4) is 0 Å². The summed E-state index contributed by atoms with van der Waals surface area (Å²) < 4.78 is 0. The molecule has 0 radical (unpaired) electrons. The van der Waals surface area contributed by atoms with Crippen LogP contribution in [0.5, 0.6) is 0 Å². The molecule has 0 bridgehead atoms. The summed E-state index contributed by atoms with van der Waals surface area (Å²) in [5.74, 6) is -1.24. The second-order valence-corrected chi connectivity index (χ2v) is 22.3. The number of amides is 8. The monoisotopic (exact) mass is 1090 g/mol. The van der Waals surface area contributed by atoms with E-state index >= 15 is 0 Å². The van der Waals surface area contributed by atoms with Crippen LogP contribution in [-0.4, -0.2) is 127 Å². The number of fused-ring (bicyclic) bond motifs is 2. The van der Waals surface area contributed by atoms with E-state index in [1.165, 1.54) is 0 Å². The fraction of sp³-hybridized carbons (Fsp3) is 0.508. The Labute approximate surface area is 472 Å². The molecule has 17 nitrogen and oxygen atoms in total. The number of nitrogens with one attached hydrogen (secondary N) is 8. The van der Waals surface area contributed by atoms with Gasteiger partial charge in [0.15, 0.2) is 0 Å². The zero-order chi connectivity index (χ0) is 56.5. The first kappa shape index (κ1) is 59.0. The zero-order valence-corrected chi connectivity index (χ0v) is 47.1. The van der Waals surface area contributed by atoms with Crippen LogP contribution in [0.15, 0.2) is 109 Å². The summed E-state index contributed by atoms with van der Waals surface area (Å²) in [7, 11) is 3.42. The first-order chi connectivity index (χ1) is 38.8. The number of carbonyl (C=O) groups is 7. The van der Waals surface area contributed by atoms with E-state index in [0.717, 1.165) is 110 Å². The maximum atomic E-state index is 14.3. The van der Waals surface area contributed by atoms with Gasteiger partial charge in [-0.25, -0.2) is 4.79 Å². The van der Waals surface area contributed by atoms with Crippen molar-refractivity contribution in [1.29, 1.82) is 0 Å². The Morgan fingerprint density at radius 1 is 0.475 bits per heavy atom. The summed E-state index contributed by atoms with van der Waals surface area (Å²) in [6, 6.07) is 31.4. The standard InChI is InChI=1S/C63H84N10O7/c1-41(64-3)57(74)68-51-25-13-11-23-49-35-37-53(72(49)61(51)78)59(76)70-55(45-19-7-5-8-20-45)47-31-27-43(28-32-47)17-15-39-66-63(80)67-40-16-18-44-29-33-48(34-30-44)56(46-21-9-6-10-22-46)71-60(77)54-38-36-50-24-12-14-26-52(62(79)73(50)54)69-58(75)42(2)65-4/h5-10,19-22,27-34,41-42,49-56,64-65H,11-18,23-26,35-40H2,1-4H3,(H,68,74)(H,69,75)(H,70,76)(H,71,77)(H2,66,67,80)/t41-,42+,49-,50-,51-,52-,53-,54-,55+,56-/m0/s1. The minimum absolute atomic E-state index is 0.0421. The molecule has 4 saturated heterocycles. The van der Waals surface area contributed by atoms with E-state index in [-0.39, 0.29) is 53.6 Å². The summed E-state index contributed by atoms with van der Waals surface area (Å²) in [6.07, 6.45) is 11.9. The van der Waals surface area contributed by atoms with Crippen LogP contribution in [0.3, 0.4) is 0 Å². The Kier molecular flexibility index (Phi) is 21.3. The largest absolute Gasteiger partial charge is 0.343 e. The lowest BCUT2D eigenvalue weighted by Crippen LogP contribution is -2.58. The topological polar surface area (TPSA) is 222 Å². The first-order valence-electron chi connectivity index (χ1n) is 29.3. The molecule has 10 atom stereocenters. The van der Waals surface area contributed by atoms with E-state index in [1.807, 2.05) is 84.9 Å². The van der Waals surface area contributed by atoms with Crippen molar-refractivity contribution in [2.24, 2.45) is 0 Å². The molecule has 0 saturated carbocycles. The molecule has 4 aromatic rings. The van der Waals surface area contributed by atoms with Crippen LogP contribution in [0.25, 0.3) is 0 Å². The number of urea groups is 1. The van der Waals surface area contributed by atoms with E-state index in [1.54, 1.807) is 37.7 Å². The third-order valence-electron chi connectivity index (χ3n) is 16.9. The van der Waals surface area contributed by atoms with Gasteiger partial charge in [0, 0.05) is 25.2 Å². The quantitative estimate of drug-likeness (QED) is 0.0431. The number of hydrogen-bond acceptors (Lipinski definition) is 9. The van der Waals surface area contributed by atoms with Crippen molar-refractivity contribution < 1.29 is 33.6 Å². The molecule has 0 aliphatic carbocycles. The molecular weight excluding hydrogens is 1010 g/mol. The van der Waals surface area contributed by atoms with Crippen LogP contribution in [-0.2, 0) is 41.6 Å². The highest BCUT2D eigenvalue weighted by Gasteiger charge is 2.46. The predicted molar refractivity (Wildman–Crippen MR) is 309 cm³/mol. The average Bonchev–Trinajstić information content (AvgIpc) is 4.19. The Bertz CT molecular complexity index is 2530. The lowest BCUT2D eigenvalue weighted by molar-refractivity contribution is -0.144. The summed E-state index contributed by atoms with van der Waals surface area (Å²) in [4.78, 5) is 98.8. The molecule has 8 N–H and O–H groups in total. The van der Waals surface area contributed by atoms with Gasteiger partial charge in [0.2, 0.25) is 35.4 Å². The smallest absolute Gasteiger partial charge is 0.314 e. The molecule has 8 rings (SSSR count). The normalized spacial score (nSPS) is 22.6. The van der Waals surface area contributed by atoms with Gasteiger partial charge in [-0.2, -0.15) is 0 Å². The van der Waals surface area contributed by atoms with Crippen LogP contribution < -0.4 is 42.5 Å². The minimum atomic E-state index is -0.672. The molecule has 8 amide bonds. The van der Waals surface area contributed by atoms with E-state index in [0.29, 0.717) is 38.8 Å². The molecule has 4 heterocycles. The van der Waals surface area contributed by atoms with Crippen molar-refractivity contribution in [3.05, 3.63) is 143 Å². The molecule has 4 aliphatic heterocycles. The van der Waals surface area contributed by atoms with E-state index in [2.05, 4.69) is 66.8 Å². The van der Waals surface area contributed by atoms with Crippen LogP contribution in [0.2, 0.25) is 0 Å². The van der Waals surface area contributed by atoms with Gasteiger partial charge in [-0.05, 0) is 138 Å². The number of nitrogens with zero attached hydrogens (tertiary/aromatic N) is 2. The zero-order valence-electron chi connectivity index (χ0n) is 47.1. The van der Waals surface area contributed by atoms with Gasteiger partial charge in [-0.3, -0.25) is 28.8 Å². The third kappa shape index (κ3) is 15.2. The van der Waals surface area contributed by atoms with Gasteiger partial charge in [0.05, 0.1) is 24.2 Å². The lowest BCUT2D eigenvalue weighted by atomic mass is 9.96. The highest BCUT2D eigenvalue weighted by Crippen LogP contribution is 2.35. The Morgan fingerprint density at radius 2 is 0.838 bits per heavy atom. The molecule has 428 valence electrons. The Balaban J connectivity index is 0.790. The summed E-state index contributed by atoms with van der Waals surface area (Å²) >= 11 is 0. The van der Waals surface area contributed by atoms with E-state index in [9.17, 15) is 33.6 Å². The van der Waals surface area contributed by atoms with Gasteiger partial charge < -0.3 is 52.3 Å². The number of hydrogen-bond donors (Lipinski definition) is 8. The Morgan fingerprint density at radius 3 is 1.21 bits per heavy atom. The molecule has 80 heavy (non-hydrogen) atoms. The molecule has 4 aliphatic rings. The molecule has 0 aromatic heterocycles. The number of rotatable bonds is 22. The number of benzene rings is 4. The maximum absolute atomic E-state index is 14.3. The molecule has 0 spiro atoms. The number of aryl methyl sites for hydroxylation is 2. The average molecular weight is 1090 g/mol. The highest BCUT2D eigenvalue weighted by atomic mass is 16.2. The second-order valence-electron chi connectivity index (χ2n) is 22.3. The van der Waals surface area contributed by atoms with Gasteiger partial charge in [0.25, 0.3) is 0 Å². The van der Waals surface area contributed by atoms with Crippen LogP contribution in [0.4, 0.5) is 4.79 Å². The fourth-order valence-corrected chi connectivity index (χ4v) is 12.0. The predicted octanol–water partition coefficient (Wildman–Crippen LogP) is 6.02. The van der Waals surface area contributed by atoms with Crippen molar-refractivity contribution >= 4 is 41.5 Å². The van der Waals surface area contributed by atoms with E-state index < -0.39 is 48.3 Å². The molecule has 4 aromatic carbocycles. The minimum Gasteiger partial charge on any atom is -0.343 e. The second kappa shape index (κ2) is 28.9. The molecular formula is C63H84N10O7. The van der Waals surface area contributed by atoms with Crippen LogP contribution in [0.1, 0.15) is 149 Å². The van der Waals surface area contributed by atoms with Crippen LogP contribution in [0, 0.1) is 0 Å². The van der Waals surface area contributed by atoms with Gasteiger partial charge in [-0.1, -0.05) is 135 Å². The fourth-order valence-electron chi connectivity index (χ4n) is 12.0. The summed E-state index contributed by atoms with van der Waals surface area (Å²) in [5, 5.41) is 24.4. The van der Waals surface area contributed by atoms with E-state index in [4.69, 9.17) is 0 Å². The van der Waals surface area contributed by atoms with Gasteiger partial charge in [0.1, 0.15) is 24.2 Å². The third-order valence-corrected chi connectivity index (χ3v) is 16.9. The van der Waals surface area contributed by atoms with Crippen molar-refractivity contribution in [2.75, 3.05) is 27.2 Å². The summed E-state index contributed by atoms with van der Waals surface area (Å²) in [5.41, 5.74) is 5.90. The van der Waals surface area contributed by atoms with Crippen molar-refractivity contribution in [3.63, 3.8) is 0 Å². The summed E-state index contributed by atoms with van der Waals surface area (Å²) in [6.45, 7) is 4.52. The van der Waals surface area contributed by atoms with Crippen molar-refractivity contribution in [2.45, 2.75) is 177 Å². The number of carbonyl (C=O) groups excluding carboxylic acids is 7. The molecule has 17 heteroatoms. The molecule has 0 unspecified atom stereocenters. The maximum Gasteiger partial charge on any atom is 0.314 e. The Hall–Kier alpha value is -7.11. The van der Waals surface area contributed by atoms with Gasteiger partial charge in [-0.15, -0.1) is 0 Å². The SMILES string of the molecule is CN[C@@H](C)C(=O)N[C@H]1CCCC[C@H]2CC[C@@H](C(=O)N[C@H](c3ccccc3)c3ccc(CCCNC(=O)NCCCc4ccc([C@@H](NC(=O)[C@@H]5CC[C@@H]6CCCC[C@H](NC(=O)[C@@H](C)NC)C(=O)N65)c5ccccc5)cc4)cc3)N2C1=O. The highest BCUT2D eigenvalue weighted by molar-refractivity contribution is 5.95.